The number of aliphatic carboxylic acids is 3. The number of hydrogen-bond donors (Lipinski definition) is 6. The Bertz CT molecular complexity index is 261. The van der Waals surface area contributed by atoms with Crippen LogP contribution in [0.4, 0.5) is 0 Å². The summed E-state index contributed by atoms with van der Waals surface area (Å²) in [6.45, 7) is -2.37. The third-order valence-electron chi connectivity index (χ3n) is 1.34. The SMILES string of the molecule is O=C([O-])C(O)CO.O=C([O-])C(O)CO.O=C([O-])C(O)CO.[Rh+3]. The van der Waals surface area contributed by atoms with Crippen molar-refractivity contribution in [2.24, 2.45) is 0 Å². The number of hydrogen-bond acceptors (Lipinski definition) is 12. The molecule has 12 nitrogen and oxygen atoms in total. The summed E-state index contributed by atoms with van der Waals surface area (Å²) in [6.07, 6.45) is -5.21. The molecule has 22 heavy (non-hydrogen) atoms. The van der Waals surface area contributed by atoms with Gasteiger partial charge >= 0.3 is 19.5 Å². The molecule has 3 atom stereocenters. The first-order chi connectivity index (χ1) is 9.54. The molecule has 0 spiro atoms. The van der Waals surface area contributed by atoms with Crippen molar-refractivity contribution in [1.29, 1.82) is 0 Å². The zero-order chi connectivity index (χ0) is 17.6. The average molecular weight is 418 g/mol. The van der Waals surface area contributed by atoms with Crippen LogP contribution in [0.15, 0.2) is 0 Å². The first kappa shape index (κ1) is 28.9. The molecule has 3 unspecified atom stereocenters. The number of carboxylic acid groups (broad SMARTS) is 3. The fourth-order valence-corrected chi connectivity index (χ4v) is 0.224. The maximum absolute atomic E-state index is 9.41. The smallest absolute Gasteiger partial charge is 0.547 e. The zero-order valence-corrected chi connectivity index (χ0v) is 12.5. The fourth-order valence-electron chi connectivity index (χ4n) is 0.224. The molecule has 0 saturated carbocycles. The van der Waals surface area contributed by atoms with Crippen LogP contribution in [0.25, 0.3) is 0 Å². The summed E-state index contributed by atoms with van der Waals surface area (Å²) in [5, 5.41) is 75.8. The van der Waals surface area contributed by atoms with E-state index in [-0.39, 0.29) is 19.5 Å². The van der Waals surface area contributed by atoms with Crippen molar-refractivity contribution in [3.05, 3.63) is 0 Å². The van der Waals surface area contributed by atoms with Crippen molar-refractivity contribution in [3.8, 4) is 0 Å². The number of carbonyl (C=O) groups excluding carboxylic acids is 3. The Labute approximate surface area is 136 Å². The maximum Gasteiger partial charge on any atom is 3.00 e. The summed E-state index contributed by atoms with van der Waals surface area (Å²) in [5.74, 6) is -4.95. The van der Waals surface area contributed by atoms with Crippen LogP contribution in [0.5, 0.6) is 0 Å². The van der Waals surface area contributed by atoms with Gasteiger partial charge in [-0.3, -0.25) is 0 Å². The first-order valence-electron chi connectivity index (χ1n) is 5.04. The van der Waals surface area contributed by atoms with Gasteiger partial charge in [0.1, 0.15) is 18.3 Å². The fraction of sp³-hybridized carbons (Fsp3) is 0.667. The summed E-state index contributed by atoms with van der Waals surface area (Å²) in [4.78, 5) is 28.2. The second-order valence-corrected chi connectivity index (χ2v) is 3.05. The Kier molecular flexibility index (Phi) is 23.4. The van der Waals surface area contributed by atoms with E-state index in [1.807, 2.05) is 0 Å². The number of aliphatic hydroxyl groups is 6. The average Bonchev–Trinajstić information content (AvgIpc) is 2.45. The van der Waals surface area contributed by atoms with Crippen molar-refractivity contribution in [2.75, 3.05) is 19.8 Å². The van der Waals surface area contributed by atoms with Crippen LogP contribution in [-0.2, 0) is 33.9 Å². The van der Waals surface area contributed by atoms with Crippen molar-refractivity contribution < 1.29 is 79.8 Å². The number of aliphatic hydroxyl groups excluding tert-OH is 6. The molecule has 132 valence electrons. The molecule has 0 aromatic rings. The Balaban J connectivity index is -0.000000108. The molecule has 6 N–H and O–H groups in total. The minimum absolute atomic E-state index is 0. The molecule has 0 heterocycles. The second-order valence-electron chi connectivity index (χ2n) is 3.05. The Morgan fingerprint density at radius 2 is 0.773 bits per heavy atom. The van der Waals surface area contributed by atoms with Gasteiger partial charge in [0.05, 0.1) is 37.7 Å². The molecule has 13 heteroatoms. The minimum atomic E-state index is -1.74. The molecule has 0 saturated heterocycles. The first-order valence-corrected chi connectivity index (χ1v) is 5.04. The molecule has 0 aromatic heterocycles. The van der Waals surface area contributed by atoms with E-state index in [1.165, 1.54) is 0 Å². The molecule has 0 aliphatic rings. The van der Waals surface area contributed by atoms with Crippen molar-refractivity contribution in [1.82, 2.24) is 0 Å². The van der Waals surface area contributed by atoms with Gasteiger partial charge in [-0.1, -0.05) is 0 Å². The summed E-state index contributed by atoms with van der Waals surface area (Å²) < 4.78 is 0. The van der Waals surface area contributed by atoms with Crippen LogP contribution >= 0.6 is 0 Å². The summed E-state index contributed by atoms with van der Waals surface area (Å²) in [5.41, 5.74) is 0. The van der Waals surface area contributed by atoms with E-state index in [9.17, 15) is 29.7 Å². The van der Waals surface area contributed by atoms with Crippen LogP contribution < -0.4 is 15.3 Å². The third-order valence-corrected chi connectivity index (χ3v) is 1.34. The van der Waals surface area contributed by atoms with Gasteiger partial charge in [0.15, 0.2) is 0 Å². The van der Waals surface area contributed by atoms with E-state index in [1.54, 1.807) is 0 Å². The van der Waals surface area contributed by atoms with Gasteiger partial charge in [-0.05, 0) is 0 Å². The summed E-state index contributed by atoms with van der Waals surface area (Å²) in [7, 11) is 0. The largest absolute Gasteiger partial charge is 3.00 e. The van der Waals surface area contributed by atoms with E-state index in [4.69, 9.17) is 30.6 Å². The van der Waals surface area contributed by atoms with Crippen molar-refractivity contribution in [3.63, 3.8) is 0 Å². The van der Waals surface area contributed by atoms with E-state index < -0.39 is 56.0 Å². The summed E-state index contributed by atoms with van der Waals surface area (Å²) in [6, 6.07) is 0. The van der Waals surface area contributed by atoms with Gasteiger partial charge in [0, 0.05) is 0 Å². The predicted octanol–water partition coefficient (Wildman–Crippen LogP) is -8.73. The van der Waals surface area contributed by atoms with Crippen LogP contribution in [-0.4, -0.2) is 86.7 Å². The van der Waals surface area contributed by atoms with Gasteiger partial charge in [-0.2, -0.15) is 0 Å². The molecule has 0 radical (unpaired) electrons. The predicted molar refractivity (Wildman–Crippen MR) is 54.3 cm³/mol. The monoisotopic (exact) mass is 418 g/mol. The number of rotatable bonds is 6. The molecule has 0 aliphatic carbocycles. The Morgan fingerprint density at radius 3 is 0.773 bits per heavy atom. The number of carboxylic acids is 3. The van der Waals surface area contributed by atoms with Crippen LogP contribution in [0.2, 0.25) is 0 Å². The van der Waals surface area contributed by atoms with E-state index >= 15 is 0 Å². The molecule has 0 aromatic carbocycles. The number of carbonyl (C=O) groups is 3. The van der Waals surface area contributed by atoms with E-state index in [0.29, 0.717) is 0 Å². The zero-order valence-electron chi connectivity index (χ0n) is 10.8. The Morgan fingerprint density at radius 1 is 0.636 bits per heavy atom. The van der Waals surface area contributed by atoms with Crippen LogP contribution in [0, 0.1) is 0 Å². The Hall–Kier alpha value is -1.21. The second kappa shape index (κ2) is 17.8. The van der Waals surface area contributed by atoms with Crippen molar-refractivity contribution >= 4 is 17.9 Å². The maximum atomic E-state index is 9.41. The topological polar surface area (TPSA) is 242 Å². The van der Waals surface area contributed by atoms with Gasteiger partial charge in [0.2, 0.25) is 0 Å². The van der Waals surface area contributed by atoms with Gasteiger partial charge in [-0.25, -0.2) is 0 Å². The van der Waals surface area contributed by atoms with Crippen molar-refractivity contribution in [2.45, 2.75) is 18.3 Å². The summed E-state index contributed by atoms with van der Waals surface area (Å²) >= 11 is 0. The molecule has 0 aliphatic heterocycles. The van der Waals surface area contributed by atoms with E-state index in [2.05, 4.69) is 0 Å². The quantitative estimate of drug-likeness (QED) is 0.220. The van der Waals surface area contributed by atoms with Crippen LogP contribution in [0.3, 0.4) is 0 Å². The van der Waals surface area contributed by atoms with E-state index in [0.717, 1.165) is 0 Å². The normalized spacial score (nSPS) is 12.8. The van der Waals surface area contributed by atoms with Crippen LogP contribution in [0.1, 0.15) is 0 Å². The molecule has 0 rings (SSSR count). The minimum Gasteiger partial charge on any atom is -0.547 e. The molecular formula is C9H15O12Rh. The molecule has 0 fully saturated rings. The standard InChI is InChI=1S/3C3H6O4.Rh/c3*4-1-2(5)3(6)7;/h3*2,4-5H,1H2,(H,6,7);/q;;;+3/p-3. The molecule has 0 amide bonds. The van der Waals surface area contributed by atoms with Gasteiger partial charge < -0.3 is 60.3 Å². The van der Waals surface area contributed by atoms with Gasteiger partial charge in [-0.15, -0.1) is 0 Å². The third kappa shape index (κ3) is 21.1. The van der Waals surface area contributed by atoms with Gasteiger partial charge in [0.25, 0.3) is 0 Å². The molecular weight excluding hydrogens is 403 g/mol. The molecule has 0 bridgehead atoms.